The number of nitrogens with one attached hydrogen (secondary N) is 1. The quantitative estimate of drug-likeness (QED) is 0.481. The number of anilines is 2. The van der Waals surface area contributed by atoms with E-state index in [-0.39, 0.29) is 6.04 Å². The van der Waals surface area contributed by atoms with Gasteiger partial charge in [0.25, 0.3) is 0 Å². The maximum absolute atomic E-state index is 13.1. The van der Waals surface area contributed by atoms with Gasteiger partial charge in [-0.1, -0.05) is 19.6 Å². The summed E-state index contributed by atoms with van der Waals surface area (Å²) < 4.78 is 0. The molecule has 34 heavy (non-hydrogen) atoms. The Morgan fingerprint density at radius 3 is 2.76 bits per heavy atom. The van der Waals surface area contributed by atoms with Crippen LogP contribution in [0.4, 0.5) is 11.5 Å². The molecule has 0 unspecified atom stereocenters. The zero-order valence-corrected chi connectivity index (χ0v) is 21.4. The van der Waals surface area contributed by atoms with Crippen molar-refractivity contribution in [1.29, 1.82) is 0 Å². The molecule has 2 aromatic heterocycles. The predicted molar refractivity (Wildman–Crippen MR) is 138 cm³/mol. The number of nitrogens with two attached hydrogens (primary N) is 1. The summed E-state index contributed by atoms with van der Waals surface area (Å²) in [5.41, 5.74) is 8.71. The van der Waals surface area contributed by atoms with Crippen LogP contribution in [0.25, 0.3) is 6.08 Å². The summed E-state index contributed by atoms with van der Waals surface area (Å²) in [6, 6.07) is 1.47. The summed E-state index contributed by atoms with van der Waals surface area (Å²) >= 11 is 1.65. The highest BCUT2D eigenvalue weighted by molar-refractivity contribution is 7.12. The molecule has 2 amide bonds. The summed E-state index contributed by atoms with van der Waals surface area (Å²) in [4.78, 5) is 39.4. The zero-order chi connectivity index (χ0) is 25.0. The van der Waals surface area contributed by atoms with E-state index >= 15 is 0 Å². The first kappa shape index (κ1) is 25.6. The van der Waals surface area contributed by atoms with Crippen molar-refractivity contribution in [3.05, 3.63) is 51.6 Å². The third-order valence-corrected chi connectivity index (χ3v) is 6.96. The number of nitrogen functional groups attached to an aromatic ring is 1. The Morgan fingerprint density at radius 1 is 1.35 bits per heavy atom. The Balaban J connectivity index is 1.73. The van der Waals surface area contributed by atoms with Gasteiger partial charge in [0.1, 0.15) is 10.8 Å². The van der Waals surface area contributed by atoms with E-state index in [0.717, 1.165) is 46.1 Å². The molecular weight excluding hydrogens is 448 g/mol. The van der Waals surface area contributed by atoms with E-state index in [4.69, 9.17) is 5.73 Å². The van der Waals surface area contributed by atoms with Crippen molar-refractivity contribution in [2.24, 2.45) is 5.92 Å². The summed E-state index contributed by atoms with van der Waals surface area (Å²) in [6.07, 6.45) is 7.15. The average molecular weight is 483 g/mol. The molecule has 8 nitrogen and oxygen atoms in total. The number of carbonyl (C=O) groups is 2. The van der Waals surface area contributed by atoms with Crippen LogP contribution in [0.1, 0.15) is 40.9 Å². The highest BCUT2D eigenvalue weighted by Crippen LogP contribution is 2.28. The lowest BCUT2D eigenvalue weighted by molar-refractivity contribution is -0.145. The molecule has 3 heterocycles. The van der Waals surface area contributed by atoms with Crippen LogP contribution in [0.15, 0.2) is 30.5 Å². The number of hydrogen-bond acceptors (Lipinski definition) is 7. The first-order chi connectivity index (χ1) is 16.0. The summed E-state index contributed by atoms with van der Waals surface area (Å²) in [7, 11) is 4.04. The topological polar surface area (TPSA) is 104 Å². The standard InChI is InChI=1S/C25H34N6O2S/c1-15-7-9-20(16(2)8-10-21-18(4)28-22(34-21)14-30(5)6)31(13-15)25(33)24(32)29-19-11-17(3)23(26)27-12-19/h8,10-12,15,20H,2,7,9,13-14H2,1,3-6H3,(H2,26,27)(H,29,32)/b10-8-/t15-,20+/m1/s1. The van der Waals surface area contributed by atoms with Crippen molar-refractivity contribution < 1.29 is 9.59 Å². The molecule has 0 bridgehead atoms. The van der Waals surface area contributed by atoms with Crippen molar-refractivity contribution in [3.63, 3.8) is 0 Å². The van der Waals surface area contributed by atoms with Gasteiger partial charge in [0.2, 0.25) is 0 Å². The van der Waals surface area contributed by atoms with Crippen LogP contribution in [0.5, 0.6) is 0 Å². The SMILES string of the molecule is C=C(/C=C\c1sc(CN(C)C)nc1C)[C@@H]1CC[C@@H](C)CN1C(=O)C(=O)Nc1cnc(N)c(C)c1. The fourth-order valence-electron chi connectivity index (χ4n) is 3.98. The number of aromatic nitrogens is 2. The Kier molecular flexibility index (Phi) is 8.22. The number of carbonyl (C=O) groups excluding carboxylic acids is 2. The monoisotopic (exact) mass is 482 g/mol. The van der Waals surface area contributed by atoms with Crippen LogP contribution in [-0.2, 0) is 16.1 Å². The van der Waals surface area contributed by atoms with Gasteiger partial charge in [0.05, 0.1) is 28.5 Å². The fraction of sp³-hybridized carbons (Fsp3) is 0.440. The van der Waals surface area contributed by atoms with E-state index in [2.05, 4.69) is 33.7 Å². The van der Waals surface area contributed by atoms with Gasteiger partial charge in [-0.2, -0.15) is 0 Å². The van der Waals surface area contributed by atoms with Crippen LogP contribution < -0.4 is 11.1 Å². The van der Waals surface area contributed by atoms with Crippen LogP contribution in [0.2, 0.25) is 0 Å². The number of likely N-dealkylation sites (tertiary alicyclic amines) is 1. The molecule has 1 saturated heterocycles. The minimum atomic E-state index is -0.687. The van der Waals surface area contributed by atoms with Gasteiger partial charge in [0.15, 0.2) is 0 Å². The van der Waals surface area contributed by atoms with Crippen LogP contribution in [-0.4, -0.2) is 58.3 Å². The summed E-state index contributed by atoms with van der Waals surface area (Å²) in [6.45, 7) is 11.4. The third-order valence-electron chi connectivity index (χ3n) is 5.85. The van der Waals surface area contributed by atoms with Gasteiger partial charge in [-0.25, -0.2) is 9.97 Å². The molecule has 3 N–H and O–H groups in total. The van der Waals surface area contributed by atoms with Gasteiger partial charge < -0.3 is 20.9 Å². The molecule has 2 aromatic rings. The Labute approximate surface area is 205 Å². The minimum absolute atomic E-state index is 0.230. The molecule has 3 rings (SSSR count). The first-order valence-corrected chi connectivity index (χ1v) is 12.2. The first-order valence-electron chi connectivity index (χ1n) is 11.4. The molecule has 0 radical (unpaired) electrons. The second-order valence-corrected chi connectivity index (χ2v) is 10.4. The number of hydrogen-bond donors (Lipinski definition) is 2. The molecule has 2 atom stereocenters. The minimum Gasteiger partial charge on any atom is -0.383 e. The molecular formula is C25H34N6O2S. The number of amides is 2. The average Bonchev–Trinajstić information content (AvgIpc) is 3.12. The molecule has 182 valence electrons. The molecule has 0 saturated carbocycles. The molecule has 1 fully saturated rings. The smallest absolute Gasteiger partial charge is 0.313 e. The molecule has 9 heteroatoms. The van der Waals surface area contributed by atoms with E-state index < -0.39 is 11.8 Å². The van der Waals surface area contributed by atoms with Crippen molar-refractivity contribution >= 4 is 40.7 Å². The molecule has 1 aliphatic heterocycles. The Bertz CT molecular complexity index is 1110. The Morgan fingerprint density at radius 2 is 2.09 bits per heavy atom. The van der Waals surface area contributed by atoms with Crippen molar-refractivity contribution in [2.45, 2.75) is 46.2 Å². The predicted octanol–water partition coefficient (Wildman–Crippen LogP) is 3.63. The van der Waals surface area contributed by atoms with E-state index in [9.17, 15) is 9.59 Å². The fourth-order valence-corrected chi connectivity index (χ4v) is 5.07. The second kappa shape index (κ2) is 10.9. The highest BCUT2D eigenvalue weighted by atomic mass is 32.1. The van der Waals surface area contributed by atoms with Crippen molar-refractivity contribution in [2.75, 3.05) is 31.7 Å². The third kappa shape index (κ3) is 6.30. The number of aryl methyl sites for hydroxylation is 2. The van der Waals surface area contributed by atoms with E-state index in [0.29, 0.717) is 24.0 Å². The maximum Gasteiger partial charge on any atom is 0.313 e. The molecule has 0 aliphatic carbocycles. The molecule has 1 aliphatic rings. The lowest BCUT2D eigenvalue weighted by Crippen LogP contribution is -2.50. The van der Waals surface area contributed by atoms with Gasteiger partial charge in [-0.3, -0.25) is 9.59 Å². The summed E-state index contributed by atoms with van der Waals surface area (Å²) in [5.74, 6) is -0.554. The van der Waals surface area contributed by atoms with E-state index in [1.54, 1.807) is 29.2 Å². The summed E-state index contributed by atoms with van der Waals surface area (Å²) in [5, 5.41) is 3.71. The van der Waals surface area contributed by atoms with Gasteiger partial charge >= 0.3 is 11.8 Å². The highest BCUT2D eigenvalue weighted by Gasteiger charge is 2.34. The van der Waals surface area contributed by atoms with Crippen LogP contribution in [0.3, 0.4) is 0 Å². The number of nitrogens with zero attached hydrogens (tertiary/aromatic N) is 4. The number of piperidine rings is 1. The van der Waals surface area contributed by atoms with Gasteiger partial charge in [0, 0.05) is 13.1 Å². The van der Waals surface area contributed by atoms with E-state index in [1.165, 1.54) is 6.20 Å². The van der Waals surface area contributed by atoms with Crippen molar-refractivity contribution in [1.82, 2.24) is 19.8 Å². The number of rotatable bonds is 6. The number of pyridine rings is 1. The lowest BCUT2D eigenvalue weighted by atomic mass is 9.90. The Hall–Kier alpha value is -3.04. The van der Waals surface area contributed by atoms with E-state index in [1.807, 2.05) is 33.2 Å². The zero-order valence-electron chi connectivity index (χ0n) is 20.6. The molecule has 0 aromatic carbocycles. The largest absolute Gasteiger partial charge is 0.383 e. The normalized spacial score (nSPS) is 18.5. The van der Waals surface area contributed by atoms with Crippen LogP contribution in [0, 0.1) is 19.8 Å². The molecule has 0 spiro atoms. The van der Waals surface area contributed by atoms with Gasteiger partial charge in [-0.15, -0.1) is 11.3 Å². The second-order valence-electron chi connectivity index (χ2n) is 9.24. The van der Waals surface area contributed by atoms with Gasteiger partial charge in [-0.05, 0) is 70.0 Å². The maximum atomic E-state index is 13.1. The van der Waals surface area contributed by atoms with Crippen LogP contribution >= 0.6 is 11.3 Å². The lowest BCUT2D eigenvalue weighted by Gasteiger charge is -2.38. The van der Waals surface area contributed by atoms with Crippen molar-refractivity contribution in [3.8, 4) is 0 Å². The number of thiazole rings is 1.